The number of halogens is 3. The maximum Gasteiger partial charge on any atom is 0.259 e. The van der Waals surface area contributed by atoms with E-state index in [4.69, 9.17) is 0 Å². The highest BCUT2D eigenvalue weighted by atomic mass is 19.1. The molecular formula is C24H22F3N7O. The van der Waals surface area contributed by atoms with Crippen molar-refractivity contribution in [2.24, 2.45) is 0 Å². The second-order valence-electron chi connectivity index (χ2n) is 9.05. The summed E-state index contributed by atoms with van der Waals surface area (Å²) >= 11 is 0. The summed E-state index contributed by atoms with van der Waals surface area (Å²) in [5.41, 5.74) is 1.86. The molecule has 0 spiro atoms. The van der Waals surface area contributed by atoms with E-state index in [0.29, 0.717) is 38.1 Å². The molecule has 0 atom stereocenters. The fourth-order valence-electron chi connectivity index (χ4n) is 5.05. The number of H-pyrrole nitrogens is 1. The van der Waals surface area contributed by atoms with Crippen LogP contribution in [-0.2, 0) is 0 Å². The van der Waals surface area contributed by atoms with Gasteiger partial charge in [0.25, 0.3) is 5.91 Å². The molecule has 5 heterocycles. The molecule has 3 aromatic heterocycles. The third-order valence-corrected chi connectivity index (χ3v) is 6.98. The van der Waals surface area contributed by atoms with Crippen molar-refractivity contribution in [3.63, 3.8) is 0 Å². The molecule has 1 N–H and O–H groups in total. The number of carbonyl (C=O) groups excluding carboxylic acids is 1. The standard InChI is InChI=1S/C24H22F3N7O/c25-15-7-19(26)21(20(27)8-15)24(35)32-5-2-16(3-6-32)33-11-17(12-33)34-10-14(9-31-34)22-18-1-4-28-23(18)30-13-29-22/h1,4,7-10,13,16-17H,2-3,5-6,11-12H2,(H,28,29,30). The Bertz CT molecular complexity index is 1380. The van der Waals surface area contributed by atoms with E-state index in [9.17, 15) is 18.0 Å². The first kappa shape index (κ1) is 21.8. The van der Waals surface area contributed by atoms with Crippen LogP contribution in [0, 0.1) is 17.5 Å². The quantitative estimate of drug-likeness (QED) is 0.483. The van der Waals surface area contributed by atoms with Gasteiger partial charge in [-0.05, 0) is 18.9 Å². The summed E-state index contributed by atoms with van der Waals surface area (Å²) in [5, 5.41) is 5.49. The third-order valence-electron chi connectivity index (χ3n) is 6.98. The second kappa shape index (κ2) is 8.49. The van der Waals surface area contributed by atoms with Crippen molar-refractivity contribution in [2.45, 2.75) is 24.9 Å². The SMILES string of the molecule is O=C(c1c(F)cc(F)cc1F)N1CCC(N2CC(n3cc(-c4ncnc5[nH]ccc45)cn3)C2)CC1. The lowest BCUT2D eigenvalue weighted by Gasteiger charge is -2.47. The van der Waals surface area contributed by atoms with Gasteiger partial charge in [0.1, 0.15) is 35.0 Å². The number of fused-ring (bicyclic) bond motifs is 1. The topological polar surface area (TPSA) is 82.9 Å². The molecule has 1 amide bonds. The lowest BCUT2D eigenvalue weighted by molar-refractivity contribution is 0.0195. The third kappa shape index (κ3) is 3.85. The monoisotopic (exact) mass is 481 g/mol. The van der Waals surface area contributed by atoms with Gasteiger partial charge in [-0.15, -0.1) is 0 Å². The average molecular weight is 481 g/mol. The number of benzene rings is 1. The van der Waals surface area contributed by atoms with Gasteiger partial charge < -0.3 is 9.88 Å². The molecule has 11 heteroatoms. The van der Waals surface area contributed by atoms with Gasteiger partial charge in [-0.1, -0.05) is 0 Å². The van der Waals surface area contributed by atoms with Crippen LogP contribution in [-0.4, -0.2) is 72.7 Å². The van der Waals surface area contributed by atoms with Crippen LogP contribution in [0.25, 0.3) is 22.3 Å². The van der Waals surface area contributed by atoms with Crippen LogP contribution in [0.3, 0.4) is 0 Å². The number of amides is 1. The Balaban J connectivity index is 1.06. The molecule has 180 valence electrons. The Morgan fingerprint density at radius 2 is 1.77 bits per heavy atom. The summed E-state index contributed by atoms with van der Waals surface area (Å²) in [4.78, 5) is 28.1. The van der Waals surface area contributed by atoms with E-state index in [-0.39, 0.29) is 12.1 Å². The van der Waals surface area contributed by atoms with Gasteiger partial charge in [0.05, 0.1) is 17.9 Å². The van der Waals surface area contributed by atoms with E-state index < -0.39 is 28.9 Å². The number of carbonyl (C=O) groups is 1. The zero-order valence-corrected chi connectivity index (χ0v) is 18.7. The van der Waals surface area contributed by atoms with Gasteiger partial charge in [-0.3, -0.25) is 14.4 Å². The minimum atomic E-state index is -1.17. The van der Waals surface area contributed by atoms with Gasteiger partial charge in [-0.25, -0.2) is 23.1 Å². The van der Waals surface area contributed by atoms with E-state index in [1.807, 2.05) is 29.3 Å². The smallest absolute Gasteiger partial charge is 0.259 e. The highest BCUT2D eigenvalue weighted by Gasteiger charge is 2.37. The fraction of sp³-hybridized carbons (Fsp3) is 0.333. The molecule has 8 nitrogen and oxygen atoms in total. The maximum absolute atomic E-state index is 14.0. The van der Waals surface area contributed by atoms with E-state index >= 15 is 0 Å². The summed E-state index contributed by atoms with van der Waals surface area (Å²) in [7, 11) is 0. The normalized spacial score (nSPS) is 17.7. The summed E-state index contributed by atoms with van der Waals surface area (Å²) in [6.45, 7) is 2.47. The molecule has 0 bridgehead atoms. The van der Waals surface area contributed by atoms with E-state index in [2.05, 4.69) is 25.0 Å². The van der Waals surface area contributed by atoms with E-state index in [1.54, 1.807) is 0 Å². The number of hydrogen-bond donors (Lipinski definition) is 1. The Kier molecular flexibility index (Phi) is 5.28. The van der Waals surface area contributed by atoms with E-state index in [1.165, 1.54) is 11.2 Å². The predicted octanol–water partition coefficient (Wildman–Crippen LogP) is 3.40. The van der Waals surface area contributed by atoms with Crippen LogP contribution in [0.4, 0.5) is 13.2 Å². The second-order valence-corrected chi connectivity index (χ2v) is 9.05. The first-order valence-corrected chi connectivity index (χ1v) is 11.5. The lowest BCUT2D eigenvalue weighted by Crippen LogP contribution is -2.56. The first-order chi connectivity index (χ1) is 17.0. The summed E-state index contributed by atoms with van der Waals surface area (Å²) < 4.78 is 43.1. The van der Waals surface area contributed by atoms with Gasteiger partial charge in [-0.2, -0.15) is 5.10 Å². The molecule has 2 aliphatic heterocycles. The van der Waals surface area contributed by atoms with Crippen molar-refractivity contribution in [1.29, 1.82) is 0 Å². The fourth-order valence-corrected chi connectivity index (χ4v) is 5.05. The highest BCUT2D eigenvalue weighted by Crippen LogP contribution is 2.31. The Morgan fingerprint density at radius 3 is 2.51 bits per heavy atom. The van der Waals surface area contributed by atoms with Gasteiger partial charge in [0.15, 0.2) is 0 Å². The molecule has 2 fully saturated rings. The van der Waals surface area contributed by atoms with Crippen molar-refractivity contribution in [3.8, 4) is 11.3 Å². The zero-order chi connectivity index (χ0) is 24.1. The summed E-state index contributed by atoms with van der Waals surface area (Å²) in [6, 6.07) is 3.55. The van der Waals surface area contributed by atoms with Crippen molar-refractivity contribution < 1.29 is 18.0 Å². The lowest BCUT2D eigenvalue weighted by atomic mass is 9.97. The van der Waals surface area contributed by atoms with Crippen LogP contribution in [0.2, 0.25) is 0 Å². The predicted molar refractivity (Wildman–Crippen MR) is 121 cm³/mol. The zero-order valence-electron chi connectivity index (χ0n) is 18.7. The minimum Gasteiger partial charge on any atom is -0.346 e. The number of nitrogens with zero attached hydrogens (tertiary/aromatic N) is 6. The van der Waals surface area contributed by atoms with Crippen LogP contribution in [0.1, 0.15) is 29.2 Å². The number of nitrogens with one attached hydrogen (secondary N) is 1. The molecular weight excluding hydrogens is 459 g/mol. The van der Waals surface area contributed by atoms with Gasteiger partial charge in [0, 0.05) is 67.7 Å². The number of piperidine rings is 1. The number of aromatic amines is 1. The van der Waals surface area contributed by atoms with Crippen LogP contribution in [0.15, 0.2) is 43.1 Å². The molecule has 0 aliphatic carbocycles. The molecule has 0 radical (unpaired) electrons. The Hall–Kier alpha value is -3.73. The van der Waals surface area contributed by atoms with Crippen LogP contribution < -0.4 is 0 Å². The van der Waals surface area contributed by atoms with Crippen molar-refractivity contribution in [1.82, 2.24) is 34.5 Å². The van der Waals surface area contributed by atoms with Gasteiger partial charge >= 0.3 is 0 Å². The van der Waals surface area contributed by atoms with Crippen molar-refractivity contribution in [3.05, 3.63) is 66.1 Å². The Labute approximate surface area is 198 Å². The highest BCUT2D eigenvalue weighted by molar-refractivity contribution is 5.95. The van der Waals surface area contributed by atoms with Gasteiger partial charge in [0.2, 0.25) is 0 Å². The first-order valence-electron chi connectivity index (χ1n) is 11.5. The largest absolute Gasteiger partial charge is 0.346 e. The molecule has 35 heavy (non-hydrogen) atoms. The van der Waals surface area contributed by atoms with Crippen molar-refractivity contribution in [2.75, 3.05) is 26.2 Å². The summed E-state index contributed by atoms with van der Waals surface area (Å²) in [5.74, 6) is -4.11. The number of rotatable bonds is 4. The van der Waals surface area contributed by atoms with Crippen LogP contribution >= 0.6 is 0 Å². The minimum absolute atomic E-state index is 0.245. The van der Waals surface area contributed by atoms with Crippen molar-refractivity contribution >= 4 is 16.9 Å². The van der Waals surface area contributed by atoms with E-state index in [0.717, 1.165) is 35.4 Å². The number of likely N-dealkylation sites (tertiary alicyclic amines) is 2. The molecule has 6 rings (SSSR count). The molecule has 0 saturated carbocycles. The number of aromatic nitrogens is 5. The molecule has 2 saturated heterocycles. The molecule has 1 aromatic carbocycles. The van der Waals surface area contributed by atoms with Crippen LogP contribution in [0.5, 0.6) is 0 Å². The molecule has 2 aliphatic rings. The summed E-state index contributed by atoms with van der Waals surface area (Å²) in [6.07, 6.45) is 8.60. The number of hydrogen-bond acceptors (Lipinski definition) is 5. The molecule has 4 aromatic rings. The average Bonchev–Trinajstić information content (AvgIpc) is 3.47. The maximum atomic E-state index is 14.0. The molecule has 0 unspecified atom stereocenters. The Morgan fingerprint density at radius 1 is 1.03 bits per heavy atom.